The first-order valence-electron chi connectivity index (χ1n) is 12.8. The summed E-state index contributed by atoms with van der Waals surface area (Å²) in [6.07, 6.45) is 1.26. The summed E-state index contributed by atoms with van der Waals surface area (Å²) in [6.45, 7) is 6.93. The van der Waals surface area contributed by atoms with Gasteiger partial charge in [0.05, 0.1) is 11.9 Å². The second-order valence-electron chi connectivity index (χ2n) is 10.8. The van der Waals surface area contributed by atoms with Crippen molar-refractivity contribution in [1.29, 1.82) is 0 Å². The fraction of sp³-hybridized carbons (Fsp3) is 0.333. The van der Waals surface area contributed by atoms with Gasteiger partial charge in [0.1, 0.15) is 12.6 Å². The quantitative estimate of drug-likeness (QED) is 0.326. The maximum Gasteiger partial charge on any atom is 0.244 e. The van der Waals surface area contributed by atoms with Crippen molar-refractivity contribution in [3.05, 3.63) is 99.5 Å². The van der Waals surface area contributed by atoms with Gasteiger partial charge in [0.25, 0.3) is 0 Å². The van der Waals surface area contributed by atoms with E-state index in [0.717, 1.165) is 21.7 Å². The van der Waals surface area contributed by atoms with Crippen molar-refractivity contribution >= 4 is 50.7 Å². The Labute approximate surface area is 247 Å². The molecule has 3 aromatic rings. The number of rotatable bonds is 10. The van der Waals surface area contributed by atoms with Gasteiger partial charge in [0.15, 0.2) is 0 Å². The highest BCUT2D eigenvalue weighted by atomic mass is 35.5. The fourth-order valence-corrected chi connectivity index (χ4v) is 5.48. The molecule has 2 amide bonds. The van der Waals surface area contributed by atoms with E-state index in [1.165, 1.54) is 4.90 Å². The Bertz CT molecular complexity index is 1440. The molecule has 0 spiro atoms. The molecule has 1 atom stereocenters. The maximum absolute atomic E-state index is 14.1. The molecular weight excluding hydrogens is 569 g/mol. The molecule has 1 N–H and O–H groups in total. The van der Waals surface area contributed by atoms with Crippen LogP contribution in [0.3, 0.4) is 0 Å². The van der Waals surface area contributed by atoms with E-state index in [0.29, 0.717) is 21.3 Å². The van der Waals surface area contributed by atoms with Gasteiger partial charge in [0, 0.05) is 28.5 Å². The molecule has 0 aliphatic rings. The highest BCUT2D eigenvalue weighted by molar-refractivity contribution is 7.92. The minimum absolute atomic E-state index is 0.0323. The summed E-state index contributed by atoms with van der Waals surface area (Å²) in [6, 6.07) is 20.2. The van der Waals surface area contributed by atoms with Crippen molar-refractivity contribution in [2.45, 2.75) is 52.2 Å². The normalized spacial score (nSPS) is 12.5. The molecule has 7 nitrogen and oxygen atoms in total. The van der Waals surface area contributed by atoms with Crippen LogP contribution in [0.25, 0.3) is 0 Å². The van der Waals surface area contributed by atoms with Crippen molar-refractivity contribution in [1.82, 2.24) is 10.2 Å². The van der Waals surface area contributed by atoms with Crippen LogP contribution in [0.4, 0.5) is 5.69 Å². The van der Waals surface area contributed by atoms with Crippen LogP contribution < -0.4 is 9.62 Å². The third kappa shape index (κ3) is 8.98. The summed E-state index contributed by atoms with van der Waals surface area (Å²) < 4.78 is 26.7. The molecule has 0 fully saturated rings. The Morgan fingerprint density at radius 1 is 0.950 bits per heavy atom. The number of hydrogen-bond donors (Lipinski definition) is 1. The van der Waals surface area contributed by atoms with E-state index in [-0.39, 0.29) is 18.9 Å². The van der Waals surface area contributed by atoms with Crippen molar-refractivity contribution in [3.8, 4) is 0 Å². The van der Waals surface area contributed by atoms with E-state index < -0.39 is 34.1 Å². The van der Waals surface area contributed by atoms with E-state index in [2.05, 4.69) is 5.32 Å². The lowest BCUT2D eigenvalue weighted by Crippen LogP contribution is -2.56. The second kappa shape index (κ2) is 13.1. The zero-order chi connectivity index (χ0) is 29.7. The topological polar surface area (TPSA) is 86.8 Å². The number of amides is 2. The molecule has 10 heteroatoms. The lowest BCUT2D eigenvalue weighted by atomic mass is 10.0. The third-order valence-corrected chi connectivity index (χ3v) is 7.85. The van der Waals surface area contributed by atoms with Gasteiger partial charge in [-0.1, -0.05) is 77.3 Å². The average molecular weight is 605 g/mol. The molecule has 3 aromatic carbocycles. The Morgan fingerprint density at radius 2 is 1.57 bits per heavy atom. The van der Waals surface area contributed by atoms with Gasteiger partial charge in [-0.15, -0.1) is 0 Å². The minimum Gasteiger partial charge on any atom is -0.350 e. The van der Waals surface area contributed by atoms with Crippen LogP contribution in [0.5, 0.6) is 0 Å². The minimum atomic E-state index is -3.84. The fourth-order valence-electron chi connectivity index (χ4n) is 4.17. The van der Waals surface area contributed by atoms with Crippen molar-refractivity contribution < 1.29 is 18.0 Å². The first-order chi connectivity index (χ1) is 18.6. The van der Waals surface area contributed by atoms with Gasteiger partial charge in [-0.05, 0) is 63.1 Å². The number of aryl methyl sites for hydroxylation is 1. The van der Waals surface area contributed by atoms with E-state index in [1.54, 1.807) is 42.5 Å². The van der Waals surface area contributed by atoms with Crippen LogP contribution in [0.1, 0.15) is 37.5 Å². The third-order valence-electron chi connectivity index (χ3n) is 6.13. The van der Waals surface area contributed by atoms with Crippen LogP contribution in [-0.4, -0.2) is 49.5 Å². The van der Waals surface area contributed by atoms with Crippen LogP contribution >= 0.6 is 23.2 Å². The van der Waals surface area contributed by atoms with Gasteiger partial charge in [-0.2, -0.15) is 0 Å². The van der Waals surface area contributed by atoms with E-state index in [1.807, 2.05) is 58.0 Å². The van der Waals surface area contributed by atoms with Crippen LogP contribution in [0.15, 0.2) is 72.8 Å². The molecular formula is C30H35Cl2N3O4S. The molecule has 0 radical (unpaired) electrons. The molecule has 0 aliphatic carbocycles. The number of anilines is 1. The van der Waals surface area contributed by atoms with Crippen molar-refractivity contribution in [3.63, 3.8) is 0 Å². The monoisotopic (exact) mass is 603 g/mol. The second-order valence-corrected chi connectivity index (χ2v) is 13.6. The SMILES string of the molecule is Cc1ccc(N(CC(=O)N(Cc2ccc(Cl)cc2Cl)C(Cc2ccccc2)C(=O)NC(C)(C)C)S(C)(=O)=O)cc1. The van der Waals surface area contributed by atoms with Gasteiger partial charge in [-0.3, -0.25) is 13.9 Å². The molecule has 0 saturated carbocycles. The molecule has 1 unspecified atom stereocenters. The number of hydrogen-bond acceptors (Lipinski definition) is 4. The van der Waals surface area contributed by atoms with Crippen LogP contribution in [0, 0.1) is 6.92 Å². The Hall–Kier alpha value is -3.07. The van der Waals surface area contributed by atoms with Crippen LogP contribution in [-0.2, 0) is 32.6 Å². The predicted molar refractivity (Wildman–Crippen MR) is 162 cm³/mol. The molecule has 0 aromatic heterocycles. The zero-order valence-corrected chi connectivity index (χ0v) is 25.6. The lowest BCUT2D eigenvalue weighted by molar-refractivity contribution is -0.140. The van der Waals surface area contributed by atoms with Crippen molar-refractivity contribution in [2.75, 3.05) is 17.1 Å². The van der Waals surface area contributed by atoms with Crippen LogP contribution in [0.2, 0.25) is 10.0 Å². The Morgan fingerprint density at radius 3 is 2.12 bits per heavy atom. The predicted octanol–water partition coefficient (Wildman–Crippen LogP) is 5.62. The highest BCUT2D eigenvalue weighted by Gasteiger charge is 2.34. The van der Waals surface area contributed by atoms with Gasteiger partial charge < -0.3 is 10.2 Å². The summed E-state index contributed by atoms with van der Waals surface area (Å²) >= 11 is 12.6. The number of nitrogens with one attached hydrogen (secondary N) is 1. The van der Waals surface area contributed by atoms with E-state index >= 15 is 0 Å². The van der Waals surface area contributed by atoms with Gasteiger partial charge in [-0.25, -0.2) is 8.42 Å². The lowest BCUT2D eigenvalue weighted by Gasteiger charge is -2.35. The van der Waals surface area contributed by atoms with Gasteiger partial charge in [0.2, 0.25) is 21.8 Å². The molecule has 0 saturated heterocycles. The summed E-state index contributed by atoms with van der Waals surface area (Å²) in [5.41, 5.74) is 2.14. The number of nitrogens with zero attached hydrogens (tertiary/aromatic N) is 2. The van der Waals surface area contributed by atoms with E-state index in [9.17, 15) is 18.0 Å². The average Bonchev–Trinajstić information content (AvgIpc) is 2.85. The maximum atomic E-state index is 14.1. The zero-order valence-electron chi connectivity index (χ0n) is 23.3. The molecule has 0 heterocycles. The summed E-state index contributed by atoms with van der Waals surface area (Å²) in [4.78, 5) is 29.2. The standard InChI is InChI=1S/C30H35Cl2N3O4S/c1-21-11-15-25(16-12-21)35(40(5,38)39)20-28(36)34(19-23-13-14-24(31)18-26(23)32)27(29(37)33-30(2,3)4)17-22-9-7-6-8-10-22/h6-16,18,27H,17,19-20H2,1-5H3,(H,33,37). The summed E-state index contributed by atoms with van der Waals surface area (Å²) in [5.74, 6) is -0.918. The Kier molecular flexibility index (Phi) is 10.3. The molecule has 0 aliphatic heterocycles. The highest BCUT2D eigenvalue weighted by Crippen LogP contribution is 2.25. The molecule has 40 heavy (non-hydrogen) atoms. The molecule has 0 bridgehead atoms. The smallest absolute Gasteiger partial charge is 0.244 e. The van der Waals surface area contributed by atoms with Gasteiger partial charge >= 0.3 is 0 Å². The molecule has 3 rings (SSSR count). The van der Waals surface area contributed by atoms with E-state index in [4.69, 9.17) is 23.2 Å². The number of carbonyl (C=O) groups excluding carboxylic acids is 2. The summed E-state index contributed by atoms with van der Waals surface area (Å²) in [7, 11) is -3.84. The number of halogens is 2. The summed E-state index contributed by atoms with van der Waals surface area (Å²) in [5, 5.41) is 3.75. The number of sulfonamides is 1. The molecule has 214 valence electrons. The number of carbonyl (C=O) groups is 2. The Balaban J connectivity index is 2.09. The van der Waals surface area contributed by atoms with Crippen molar-refractivity contribution in [2.24, 2.45) is 0 Å². The number of benzene rings is 3. The largest absolute Gasteiger partial charge is 0.350 e. The first kappa shape index (κ1) is 31.5. The first-order valence-corrected chi connectivity index (χ1v) is 15.4.